The van der Waals surface area contributed by atoms with Crippen LogP contribution in [0.15, 0.2) is 42.5 Å². The second-order valence-corrected chi connectivity index (χ2v) is 5.94. The summed E-state index contributed by atoms with van der Waals surface area (Å²) in [7, 11) is 0. The van der Waals surface area contributed by atoms with E-state index in [1.807, 2.05) is 24.3 Å². The number of nitrogens with one attached hydrogen (secondary N) is 2. The predicted molar refractivity (Wildman–Crippen MR) is 92.6 cm³/mol. The van der Waals surface area contributed by atoms with Gasteiger partial charge >= 0.3 is 11.8 Å². The molecule has 1 aliphatic heterocycles. The Morgan fingerprint density at radius 2 is 1.76 bits per heavy atom. The number of ether oxygens (including phenoxy) is 2. The van der Waals surface area contributed by atoms with Crippen molar-refractivity contribution in [2.24, 2.45) is 0 Å². The average molecular weight is 361 g/mol. The fourth-order valence-electron chi connectivity index (χ4n) is 2.41. The molecule has 0 saturated heterocycles. The van der Waals surface area contributed by atoms with Gasteiger partial charge in [0.05, 0.1) is 0 Å². The van der Waals surface area contributed by atoms with Crippen molar-refractivity contribution in [2.45, 2.75) is 13.0 Å². The first-order chi connectivity index (χ1) is 12.1. The maximum atomic E-state index is 11.8. The highest BCUT2D eigenvalue weighted by Crippen LogP contribution is 2.32. The van der Waals surface area contributed by atoms with E-state index in [4.69, 9.17) is 21.1 Å². The minimum atomic E-state index is -0.677. The molecular formula is C18H17ClN2O4. The number of fused-ring (bicyclic) bond motifs is 1. The van der Waals surface area contributed by atoms with Crippen LogP contribution in [0.25, 0.3) is 0 Å². The Labute approximate surface area is 150 Å². The number of benzene rings is 2. The van der Waals surface area contributed by atoms with Crippen LogP contribution in [0.2, 0.25) is 5.02 Å². The normalized spacial score (nSPS) is 11.9. The van der Waals surface area contributed by atoms with Crippen molar-refractivity contribution in [3.63, 3.8) is 0 Å². The summed E-state index contributed by atoms with van der Waals surface area (Å²) in [6.07, 6.45) is 0.599. The first-order valence-corrected chi connectivity index (χ1v) is 8.18. The lowest BCUT2D eigenvalue weighted by Gasteiger charge is -2.07. The zero-order chi connectivity index (χ0) is 17.6. The highest BCUT2D eigenvalue weighted by molar-refractivity contribution is 6.35. The lowest BCUT2D eigenvalue weighted by atomic mass is 10.1. The molecule has 0 bridgehead atoms. The van der Waals surface area contributed by atoms with Crippen LogP contribution >= 0.6 is 11.6 Å². The second kappa shape index (κ2) is 7.90. The molecule has 0 atom stereocenters. The summed E-state index contributed by atoms with van der Waals surface area (Å²) in [6.45, 7) is 0.786. The van der Waals surface area contributed by atoms with Gasteiger partial charge in [-0.05, 0) is 41.8 Å². The quantitative estimate of drug-likeness (QED) is 0.800. The molecule has 0 radical (unpaired) electrons. The van der Waals surface area contributed by atoms with E-state index >= 15 is 0 Å². The van der Waals surface area contributed by atoms with Crippen LogP contribution in [0.1, 0.15) is 11.1 Å². The minimum absolute atomic E-state index is 0.195. The molecule has 2 aromatic rings. The van der Waals surface area contributed by atoms with Gasteiger partial charge < -0.3 is 20.1 Å². The molecule has 0 saturated carbocycles. The third-order valence-corrected chi connectivity index (χ3v) is 3.92. The molecule has 130 valence electrons. The molecule has 25 heavy (non-hydrogen) atoms. The Bertz CT molecular complexity index is 794. The molecule has 3 rings (SSSR count). The number of rotatable bonds is 5. The van der Waals surface area contributed by atoms with Crippen LogP contribution in [0, 0.1) is 0 Å². The van der Waals surface area contributed by atoms with E-state index in [0.717, 1.165) is 11.1 Å². The lowest BCUT2D eigenvalue weighted by Crippen LogP contribution is -2.40. The van der Waals surface area contributed by atoms with Crippen molar-refractivity contribution < 1.29 is 19.1 Å². The molecule has 6 nitrogen and oxygen atoms in total. The van der Waals surface area contributed by atoms with Gasteiger partial charge in [-0.2, -0.15) is 0 Å². The van der Waals surface area contributed by atoms with Gasteiger partial charge in [0.2, 0.25) is 6.79 Å². The van der Waals surface area contributed by atoms with Crippen LogP contribution in [0.3, 0.4) is 0 Å². The number of amides is 2. The van der Waals surface area contributed by atoms with E-state index in [1.54, 1.807) is 18.2 Å². The molecule has 0 spiro atoms. The lowest BCUT2D eigenvalue weighted by molar-refractivity contribution is -0.139. The third-order valence-electron chi connectivity index (χ3n) is 3.68. The van der Waals surface area contributed by atoms with Crippen LogP contribution in [0.4, 0.5) is 0 Å². The molecule has 0 unspecified atom stereocenters. The summed E-state index contributed by atoms with van der Waals surface area (Å²) >= 11 is 5.90. The largest absolute Gasteiger partial charge is 0.454 e. The average Bonchev–Trinajstić information content (AvgIpc) is 3.07. The first-order valence-electron chi connectivity index (χ1n) is 7.81. The van der Waals surface area contributed by atoms with Gasteiger partial charge in [-0.1, -0.05) is 29.8 Å². The van der Waals surface area contributed by atoms with Gasteiger partial charge in [-0.3, -0.25) is 9.59 Å². The topological polar surface area (TPSA) is 76.7 Å². The Morgan fingerprint density at radius 1 is 0.960 bits per heavy atom. The number of halogens is 1. The third kappa shape index (κ3) is 4.64. The summed E-state index contributed by atoms with van der Waals surface area (Å²) in [5.41, 5.74) is 1.82. The molecule has 2 amide bonds. The van der Waals surface area contributed by atoms with E-state index in [9.17, 15) is 9.59 Å². The number of carbonyl (C=O) groups excluding carboxylic acids is 2. The fourth-order valence-corrected chi connectivity index (χ4v) is 2.62. The predicted octanol–water partition coefficient (Wildman–Crippen LogP) is 2.04. The minimum Gasteiger partial charge on any atom is -0.454 e. The van der Waals surface area contributed by atoms with E-state index in [1.165, 1.54) is 0 Å². The van der Waals surface area contributed by atoms with E-state index in [-0.39, 0.29) is 13.3 Å². The van der Waals surface area contributed by atoms with Gasteiger partial charge in [0, 0.05) is 18.1 Å². The summed E-state index contributed by atoms with van der Waals surface area (Å²) in [4.78, 5) is 23.7. The maximum Gasteiger partial charge on any atom is 0.309 e. The fraction of sp³-hybridized carbons (Fsp3) is 0.222. The van der Waals surface area contributed by atoms with E-state index in [0.29, 0.717) is 29.5 Å². The highest BCUT2D eigenvalue weighted by atomic mass is 35.5. The van der Waals surface area contributed by atoms with Crippen LogP contribution in [-0.2, 0) is 22.6 Å². The monoisotopic (exact) mass is 360 g/mol. The van der Waals surface area contributed by atoms with Crippen LogP contribution < -0.4 is 20.1 Å². The van der Waals surface area contributed by atoms with Gasteiger partial charge in [-0.15, -0.1) is 0 Å². The summed E-state index contributed by atoms with van der Waals surface area (Å²) in [5.74, 6) is -0.0295. The summed E-state index contributed by atoms with van der Waals surface area (Å²) in [5, 5.41) is 5.81. The Hall–Kier alpha value is -2.73. The number of hydrogen-bond donors (Lipinski definition) is 2. The Morgan fingerprint density at radius 3 is 2.60 bits per heavy atom. The molecule has 2 aromatic carbocycles. The van der Waals surface area contributed by atoms with E-state index < -0.39 is 11.8 Å². The zero-order valence-electron chi connectivity index (χ0n) is 13.4. The number of hydrogen-bond acceptors (Lipinski definition) is 4. The van der Waals surface area contributed by atoms with Crippen molar-refractivity contribution in [3.8, 4) is 11.5 Å². The van der Waals surface area contributed by atoms with Crippen molar-refractivity contribution in [2.75, 3.05) is 13.3 Å². The standard InChI is InChI=1S/C18H17ClN2O4/c19-14-3-1-2-12(8-14)6-7-20-17(22)18(23)21-10-13-4-5-15-16(9-13)25-11-24-15/h1-5,8-9H,6-7,10-11H2,(H,20,22)(H,21,23). The zero-order valence-corrected chi connectivity index (χ0v) is 14.1. The Balaban J connectivity index is 1.42. The SMILES string of the molecule is O=C(NCCc1cccc(Cl)c1)C(=O)NCc1ccc2c(c1)OCO2. The van der Waals surface area contributed by atoms with Gasteiger partial charge in [-0.25, -0.2) is 0 Å². The Kier molecular flexibility index (Phi) is 5.40. The number of carbonyl (C=O) groups is 2. The highest BCUT2D eigenvalue weighted by Gasteiger charge is 2.15. The van der Waals surface area contributed by atoms with Crippen LogP contribution in [-0.4, -0.2) is 25.2 Å². The smallest absolute Gasteiger partial charge is 0.309 e. The molecule has 2 N–H and O–H groups in total. The molecule has 7 heteroatoms. The molecular weight excluding hydrogens is 344 g/mol. The van der Waals surface area contributed by atoms with Gasteiger partial charge in [0.25, 0.3) is 0 Å². The molecule has 1 aliphatic rings. The van der Waals surface area contributed by atoms with E-state index in [2.05, 4.69) is 10.6 Å². The molecule has 0 fully saturated rings. The summed E-state index contributed by atoms with van der Waals surface area (Å²) in [6, 6.07) is 12.7. The molecule has 1 heterocycles. The first kappa shape index (κ1) is 17.1. The molecule has 0 aromatic heterocycles. The van der Waals surface area contributed by atoms with Crippen LogP contribution in [0.5, 0.6) is 11.5 Å². The summed E-state index contributed by atoms with van der Waals surface area (Å²) < 4.78 is 10.5. The maximum absolute atomic E-state index is 11.8. The second-order valence-electron chi connectivity index (χ2n) is 5.51. The van der Waals surface area contributed by atoms with Gasteiger partial charge in [0.15, 0.2) is 11.5 Å². The van der Waals surface area contributed by atoms with Crippen molar-refractivity contribution in [1.29, 1.82) is 0 Å². The molecule has 0 aliphatic carbocycles. The van der Waals surface area contributed by atoms with Crippen molar-refractivity contribution >= 4 is 23.4 Å². The van der Waals surface area contributed by atoms with Crippen molar-refractivity contribution in [1.82, 2.24) is 10.6 Å². The van der Waals surface area contributed by atoms with Crippen molar-refractivity contribution in [3.05, 3.63) is 58.6 Å². The van der Waals surface area contributed by atoms with Gasteiger partial charge in [0.1, 0.15) is 0 Å².